The van der Waals surface area contributed by atoms with E-state index in [-0.39, 0.29) is 0 Å². The van der Waals surface area contributed by atoms with Crippen molar-refractivity contribution in [2.45, 2.75) is 0 Å². The average Bonchev–Trinajstić information content (AvgIpc) is 3.30. The molecule has 3 nitrogen and oxygen atoms in total. The summed E-state index contributed by atoms with van der Waals surface area (Å²) in [6.45, 7) is 0. The van der Waals surface area contributed by atoms with E-state index in [2.05, 4.69) is 36.4 Å². The van der Waals surface area contributed by atoms with Crippen LogP contribution < -0.4 is 0 Å². The molecule has 0 radical (unpaired) electrons. The minimum Gasteiger partial charge on any atom is -0.465 e. The molecule has 3 heteroatoms. The molecule has 0 N–H and O–H groups in total. The highest BCUT2D eigenvalue weighted by Crippen LogP contribution is 2.35. The Kier molecular flexibility index (Phi) is 2.79. The van der Waals surface area contributed by atoms with E-state index in [0.29, 0.717) is 5.89 Å². The van der Waals surface area contributed by atoms with Gasteiger partial charge in [-0.15, -0.1) is 0 Å². The molecule has 3 aromatic carbocycles. The quantitative estimate of drug-likeness (QED) is 0.381. The number of furan rings is 1. The summed E-state index contributed by atoms with van der Waals surface area (Å²) in [5.74, 6) is 1.34. The summed E-state index contributed by atoms with van der Waals surface area (Å²) in [5, 5.41) is 4.55. The first-order chi connectivity index (χ1) is 11.9. The van der Waals surface area contributed by atoms with Crippen molar-refractivity contribution in [1.29, 1.82) is 0 Å². The van der Waals surface area contributed by atoms with Gasteiger partial charge >= 0.3 is 0 Å². The molecule has 0 aliphatic heterocycles. The molecule has 0 saturated heterocycles. The van der Waals surface area contributed by atoms with Crippen molar-refractivity contribution in [2.75, 3.05) is 0 Å². The SMILES string of the molecule is C(=C\c1nc2c3ccccc3c3ccccc3c2o1)/c1ccco1. The second kappa shape index (κ2) is 5.10. The van der Waals surface area contributed by atoms with Gasteiger partial charge in [-0.25, -0.2) is 4.98 Å². The van der Waals surface area contributed by atoms with E-state index in [1.54, 1.807) is 6.26 Å². The van der Waals surface area contributed by atoms with Crippen LogP contribution in [0.3, 0.4) is 0 Å². The fourth-order valence-corrected chi connectivity index (χ4v) is 3.15. The molecule has 0 atom stereocenters. The Morgan fingerprint density at radius 1 is 0.708 bits per heavy atom. The van der Waals surface area contributed by atoms with Crippen LogP contribution in [-0.4, -0.2) is 4.98 Å². The molecule has 0 saturated carbocycles. The Morgan fingerprint density at radius 2 is 1.42 bits per heavy atom. The van der Waals surface area contributed by atoms with E-state index in [1.807, 2.05) is 36.4 Å². The highest BCUT2D eigenvalue weighted by Gasteiger charge is 2.13. The van der Waals surface area contributed by atoms with Crippen LogP contribution in [0.15, 0.2) is 75.8 Å². The lowest BCUT2D eigenvalue weighted by atomic mass is 10.0. The van der Waals surface area contributed by atoms with Gasteiger partial charge in [-0.3, -0.25) is 0 Å². The third-order valence-electron chi connectivity index (χ3n) is 4.22. The maximum Gasteiger partial charge on any atom is 0.220 e. The summed E-state index contributed by atoms with van der Waals surface area (Å²) in [6.07, 6.45) is 5.34. The zero-order valence-corrected chi connectivity index (χ0v) is 12.8. The zero-order chi connectivity index (χ0) is 15.9. The first-order valence-electron chi connectivity index (χ1n) is 7.82. The first-order valence-corrected chi connectivity index (χ1v) is 7.82. The average molecular weight is 311 g/mol. The molecule has 0 fully saturated rings. The minimum absolute atomic E-state index is 0.572. The topological polar surface area (TPSA) is 39.2 Å². The van der Waals surface area contributed by atoms with E-state index in [4.69, 9.17) is 13.8 Å². The van der Waals surface area contributed by atoms with Crippen molar-refractivity contribution in [3.63, 3.8) is 0 Å². The predicted octanol–water partition coefficient (Wildman–Crippen LogP) is 5.90. The van der Waals surface area contributed by atoms with Gasteiger partial charge in [0, 0.05) is 16.8 Å². The molecular formula is C21H13NO2. The minimum atomic E-state index is 0.572. The van der Waals surface area contributed by atoms with Gasteiger partial charge in [-0.1, -0.05) is 48.5 Å². The second-order valence-electron chi connectivity index (χ2n) is 5.67. The predicted molar refractivity (Wildman–Crippen MR) is 96.7 cm³/mol. The summed E-state index contributed by atoms with van der Waals surface area (Å²) >= 11 is 0. The Bertz CT molecular complexity index is 1120. The van der Waals surface area contributed by atoms with Crippen molar-refractivity contribution in [2.24, 2.45) is 0 Å². The zero-order valence-electron chi connectivity index (χ0n) is 12.8. The second-order valence-corrected chi connectivity index (χ2v) is 5.67. The van der Waals surface area contributed by atoms with Gasteiger partial charge in [-0.05, 0) is 29.0 Å². The van der Waals surface area contributed by atoms with Gasteiger partial charge in [0.2, 0.25) is 5.89 Å². The summed E-state index contributed by atoms with van der Waals surface area (Å²) in [6, 6.07) is 20.3. The summed E-state index contributed by atoms with van der Waals surface area (Å²) in [5.41, 5.74) is 1.71. The third-order valence-corrected chi connectivity index (χ3v) is 4.22. The number of fused-ring (bicyclic) bond motifs is 6. The molecule has 2 aromatic heterocycles. The van der Waals surface area contributed by atoms with Crippen LogP contribution in [0, 0.1) is 0 Å². The maximum absolute atomic E-state index is 6.05. The van der Waals surface area contributed by atoms with Crippen LogP contribution in [0.25, 0.3) is 44.8 Å². The van der Waals surface area contributed by atoms with Crippen LogP contribution in [0.1, 0.15) is 11.7 Å². The molecule has 5 rings (SSSR count). The van der Waals surface area contributed by atoms with Crippen LogP contribution >= 0.6 is 0 Å². The maximum atomic E-state index is 6.05. The lowest BCUT2D eigenvalue weighted by molar-refractivity contribution is 0.556. The Balaban J connectivity index is 1.82. The molecule has 5 aromatic rings. The van der Waals surface area contributed by atoms with Crippen molar-refractivity contribution in [3.05, 3.63) is 78.6 Å². The smallest absolute Gasteiger partial charge is 0.220 e. The molecule has 0 spiro atoms. The highest BCUT2D eigenvalue weighted by molar-refractivity contribution is 6.22. The van der Waals surface area contributed by atoms with E-state index in [9.17, 15) is 0 Å². The molecule has 0 amide bonds. The number of aromatic nitrogens is 1. The van der Waals surface area contributed by atoms with Gasteiger partial charge in [0.25, 0.3) is 0 Å². The monoisotopic (exact) mass is 311 g/mol. The number of nitrogens with zero attached hydrogens (tertiary/aromatic N) is 1. The molecule has 0 aliphatic rings. The van der Waals surface area contributed by atoms with Crippen LogP contribution in [0.4, 0.5) is 0 Å². The molecular weight excluding hydrogens is 298 g/mol. The number of benzene rings is 3. The number of hydrogen-bond acceptors (Lipinski definition) is 3. The molecule has 24 heavy (non-hydrogen) atoms. The van der Waals surface area contributed by atoms with Gasteiger partial charge in [-0.2, -0.15) is 0 Å². The first kappa shape index (κ1) is 13.1. The standard InChI is InChI=1S/C21H13NO2/c1-3-9-17-15(7-1)16-8-2-4-10-18(16)21-20(17)22-19(24-21)12-11-14-6-5-13-23-14/h1-13H/b12-11+. The number of hydrogen-bond donors (Lipinski definition) is 0. The molecule has 0 bridgehead atoms. The lowest BCUT2D eigenvalue weighted by Gasteiger charge is -2.04. The van der Waals surface area contributed by atoms with Crippen molar-refractivity contribution < 1.29 is 8.83 Å². The van der Waals surface area contributed by atoms with E-state index >= 15 is 0 Å². The Labute approximate surface area is 137 Å². The fourth-order valence-electron chi connectivity index (χ4n) is 3.15. The van der Waals surface area contributed by atoms with E-state index < -0.39 is 0 Å². The van der Waals surface area contributed by atoms with Crippen LogP contribution in [0.5, 0.6) is 0 Å². The lowest BCUT2D eigenvalue weighted by Crippen LogP contribution is -1.80. The van der Waals surface area contributed by atoms with Crippen LogP contribution in [0.2, 0.25) is 0 Å². The normalized spacial score (nSPS) is 12.0. The third kappa shape index (κ3) is 1.95. The van der Waals surface area contributed by atoms with E-state index in [1.165, 1.54) is 10.8 Å². The van der Waals surface area contributed by atoms with Crippen molar-refractivity contribution in [3.8, 4) is 0 Å². The van der Waals surface area contributed by atoms with Gasteiger partial charge in [0.15, 0.2) is 5.58 Å². The molecule has 0 unspecified atom stereocenters. The highest BCUT2D eigenvalue weighted by atomic mass is 16.3. The Morgan fingerprint density at radius 3 is 2.17 bits per heavy atom. The fraction of sp³-hybridized carbons (Fsp3) is 0. The Hall–Kier alpha value is -3.33. The number of rotatable bonds is 2. The summed E-state index contributed by atoms with van der Waals surface area (Å²) in [7, 11) is 0. The van der Waals surface area contributed by atoms with E-state index in [0.717, 1.165) is 27.6 Å². The van der Waals surface area contributed by atoms with Gasteiger partial charge in [0.05, 0.1) is 6.26 Å². The molecule has 114 valence electrons. The molecule has 0 aliphatic carbocycles. The van der Waals surface area contributed by atoms with Crippen LogP contribution in [-0.2, 0) is 0 Å². The summed E-state index contributed by atoms with van der Waals surface area (Å²) in [4.78, 5) is 4.70. The molecule has 2 heterocycles. The van der Waals surface area contributed by atoms with Crippen molar-refractivity contribution in [1.82, 2.24) is 4.98 Å². The van der Waals surface area contributed by atoms with Crippen molar-refractivity contribution >= 4 is 44.8 Å². The van der Waals surface area contributed by atoms with Gasteiger partial charge in [0.1, 0.15) is 11.3 Å². The number of oxazole rings is 1. The summed E-state index contributed by atoms with van der Waals surface area (Å²) < 4.78 is 11.4. The van der Waals surface area contributed by atoms with Gasteiger partial charge < -0.3 is 8.83 Å². The largest absolute Gasteiger partial charge is 0.465 e.